The zero-order chi connectivity index (χ0) is 29.6. The summed E-state index contributed by atoms with van der Waals surface area (Å²) in [4.78, 5) is 62.9. The predicted molar refractivity (Wildman–Crippen MR) is 110 cm³/mol. The normalized spacial score (nSPS) is 36.4. The fraction of sp³-hybridized carbons (Fsp3) is 1.00. The average Bonchev–Trinajstić information content (AvgIpc) is 2.56. The molecule has 13 N–H and O–H groups in total. The number of hydrogen-bond donors (Lipinski definition) is 13. The molecule has 5 unspecified atom stereocenters. The third kappa shape index (κ3) is 11.7. The van der Waals surface area contributed by atoms with E-state index in [0.29, 0.717) is 0 Å². The molecule has 32 heteroatoms. The standard InChI is InChI=1S/C6H18O25P6.Na.H/c7-1-2(8)4(10)6(12,5(11)3(1)9)26-33(16,17)28-35(20,21)30-37(24,25)31-36(22,23)29-34(18,19)27-32(13,14)15;;/h1-5,7-12H,(H,16,17)(H,18,19)(H,20,21)(H,22,23)(H,24,25)(H2,13,14,15);;/t1-,2-,3+,4-,5-,6-;;/m1../s1. The number of hydrogen-bond acceptors (Lipinski definition) is 18. The van der Waals surface area contributed by atoms with E-state index in [1.54, 1.807) is 0 Å². The van der Waals surface area contributed by atoms with Crippen LogP contribution < -0.4 is 0 Å². The molecular weight excluding hydrogens is 681 g/mol. The van der Waals surface area contributed by atoms with Gasteiger partial charge in [-0.25, -0.2) is 31.9 Å². The van der Waals surface area contributed by atoms with Crippen LogP contribution >= 0.6 is 46.9 Å². The molecule has 11 atom stereocenters. The molecule has 1 rings (SSSR count). The summed E-state index contributed by atoms with van der Waals surface area (Å²) in [7, 11) is -38.3. The van der Waals surface area contributed by atoms with Gasteiger partial charge in [0.25, 0.3) is 0 Å². The molecule has 0 aromatic rings. The van der Waals surface area contributed by atoms with Gasteiger partial charge < -0.3 is 64.9 Å². The summed E-state index contributed by atoms with van der Waals surface area (Å²) < 4.78 is 88.7. The van der Waals surface area contributed by atoms with Gasteiger partial charge in [-0.1, -0.05) is 0 Å². The first-order valence-electron chi connectivity index (χ1n) is 8.13. The van der Waals surface area contributed by atoms with Crippen LogP contribution in [0.1, 0.15) is 0 Å². The molecule has 1 aliphatic rings. The minimum atomic E-state index is -6.59. The van der Waals surface area contributed by atoms with Crippen LogP contribution in [0, 0.1) is 0 Å². The Morgan fingerprint density at radius 3 is 1.03 bits per heavy atom. The third-order valence-electron chi connectivity index (χ3n) is 3.49. The number of aliphatic hydroxyl groups is 6. The minimum absolute atomic E-state index is 0. The summed E-state index contributed by atoms with van der Waals surface area (Å²) in [5, 5.41) is 57.9. The Kier molecular flexibility index (Phi) is 13.6. The van der Waals surface area contributed by atoms with Crippen molar-refractivity contribution >= 4 is 76.5 Å². The Hall–Kier alpha value is 1.62. The summed E-state index contributed by atoms with van der Waals surface area (Å²) in [6, 6.07) is 0. The van der Waals surface area contributed by atoms with Crippen molar-refractivity contribution in [2.24, 2.45) is 0 Å². The average molecular weight is 700 g/mol. The predicted octanol–water partition coefficient (Wildman–Crippen LogP) is -4.46. The second-order valence-electron chi connectivity index (χ2n) is 6.45. The summed E-state index contributed by atoms with van der Waals surface area (Å²) in [6.07, 6.45) is -13.5. The van der Waals surface area contributed by atoms with Crippen LogP contribution in [0.25, 0.3) is 0 Å². The van der Waals surface area contributed by atoms with Crippen LogP contribution in [-0.4, -0.2) is 131 Å². The first-order valence-corrected chi connectivity index (χ1v) is 17.1. The fourth-order valence-electron chi connectivity index (χ4n) is 2.26. The zero-order valence-corrected chi connectivity index (χ0v) is 22.1. The van der Waals surface area contributed by atoms with Gasteiger partial charge in [-0.2, -0.15) is 21.6 Å². The van der Waals surface area contributed by atoms with Crippen LogP contribution in [0.3, 0.4) is 0 Å². The van der Waals surface area contributed by atoms with Crippen LogP contribution in [0.15, 0.2) is 0 Å². The molecule has 0 aromatic carbocycles. The number of phosphoric ester groups is 1. The molecule has 25 nitrogen and oxygen atoms in total. The number of phosphoric acid groups is 6. The monoisotopic (exact) mass is 700 g/mol. The molecule has 0 bridgehead atoms. The molecule has 1 saturated carbocycles. The maximum absolute atomic E-state index is 12.0. The van der Waals surface area contributed by atoms with Crippen molar-refractivity contribution in [2.75, 3.05) is 0 Å². The van der Waals surface area contributed by atoms with Crippen LogP contribution in [0.5, 0.6) is 0 Å². The molecule has 224 valence electrons. The molecule has 0 amide bonds. The number of rotatable bonds is 12. The third-order valence-corrected chi connectivity index (χ3v) is 12.3. The van der Waals surface area contributed by atoms with Gasteiger partial charge in [0.1, 0.15) is 30.5 Å². The van der Waals surface area contributed by atoms with E-state index in [2.05, 4.69) is 26.1 Å². The molecule has 0 spiro atoms. The molecule has 0 radical (unpaired) electrons. The van der Waals surface area contributed by atoms with E-state index in [0.717, 1.165) is 0 Å². The Balaban J connectivity index is 0.0000137. The molecule has 1 aliphatic carbocycles. The Labute approximate surface area is 230 Å². The summed E-state index contributed by atoms with van der Waals surface area (Å²) in [5.74, 6) is -3.96. The zero-order valence-electron chi connectivity index (χ0n) is 16.8. The molecule has 0 heterocycles. The quantitative estimate of drug-likeness (QED) is 0.0518. The van der Waals surface area contributed by atoms with Crippen LogP contribution in [0.4, 0.5) is 0 Å². The Bertz CT molecular complexity index is 1110. The van der Waals surface area contributed by atoms with Gasteiger partial charge in [0.15, 0.2) is 0 Å². The van der Waals surface area contributed by atoms with E-state index in [-0.39, 0.29) is 29.6 Å². The molecule has 1 fully saturated rings. The second kappa shape index (κ2) is 13.1. The van der Waals surface area contributed by atoms with Gasteiger partial charge in [-0.3, -0.25) is 0 Å². The summed E-state index contributed by atoms with van der Waals surface area (Å²) in [5.41, 5.74) is 0. The first kappa shape index (κ1) is 39.6. The Morgan fingerprint density at radius 1 is 0.474 bits per heavy atom. The molecule has 38 heavy (non-hydrogen) atoms. The molecular formula is C6H19NaO25P6. The maximum atomic E-state index is 12.0. The van der Waals surface area contributed by atoms with E-state index in [9.17, 15) is 72.7 Å². The van der Waals surface area contributed by atoms with E-state index >= 15 is 0 Å². The van der Waals surface area contributed by atoms with Gasteiger partial charge in [0.2, 0.25) is 5.79 Å². The summed E-state index contributed by atoms with van der Waals surface area (Å²) >= 11 is 0. The second-order valence-corrected chi connectivity index (χ2v) is 15.6. The van der Waals surface area contributed by atoms with Gasteiger partial charge >= 0.3 is 76.5 Å². The van der Waals surface area contributed by atoms with Gasteiger partial charge in [0, 0.05) is 0 Å². The van der Waals surface area contributed by atoms with Crippen molar-refractivity contribution in [1.29, 1.82) is 0 Å². The molecule has 0 saturated heterocycles. The van der Waals surface area contributed by atoms with Crippen molar-refractivity contribution in [3.63, 3.8) is 0 Å². The summed E-state index contributed by atoms with van der Waals surface area (Å²) in [6.45, 7) is 0. The van der Waals surface area contributed by atoms with E-state index in [1.807, 2.05) is 0 Å². The van der Waals surface area contributed by atoms with E-state index < -0.39 is 83.2 Å². The molecule has 0 aliphatic heterocycles. The van der Waals surface area contributed by atoms with Gasteiger partial charge in [0.05, 0.1) is 0 Å². The SMILES string of the molecule is O=P(O)(O)OP(=O)(O)OP(=O)(O)OP(=O)(O)OP(=O)(O)OP(=O)(O)O[C@]1(O)[C@H](O)[C@H](O)[C@@H](O)[C@H](O)[C@H]1O.[NaH]. The van der Waals surface area contributed by atoms with Gasteiger partial charge in [-0.05, 0) is 0 Å². The van der Waals surface area contributed by atoms with Crippen molar-refractivity contribution in [3.8, 4) is 0 Å². The van der Waals surface area contributed by atoms with Crippen molar-refractivity contribution < 1.29 is 118 Å². The Morgan fingerprint density at radius 2 is 0.737 bits per heavy atom. The van der Waals surface area contributed by atoms with E-state index in [1.165, 1.54) is 0 Å². The first-order chi connectivity index (χ1) is 16.0. The van der Waals surface area contributed by atoms with Crippen molar-refractivity contribution in [3.05, 3.63) is 0 Å². The topological polar surface area (TPSA) is 421 Å². The fourth-order valence-corrected chi connectivity index (χ4v) is 9.78. The number of aliphatic hydroxyl groups excluding tert-OH is 5. The van der Waals surface area contributed by atoms with Crippen molar-refractivity contribution in [1.82, 2.24) is 0 Å². The van der Waals surface area contributed by atoms with Gasteiger partial charge in [-0.15, -0.1) is 0 Å². The van der Waals surface area contributed by atoms with Crippen LogP contribution in [-0.2, 0) is 53.5 Å². The van der Waals surface area contributed by atoms with Crippen LogP contribution in [0.2, 0.25) is 0 Å². The molecule has 0 aromatic heterocycles. The van der Waals surface area contributed by atoms with E-state index in [4.69, 9.17) is 19.6 Å². The van der Waals surface area contributed by atoms with Crippen molar-refractivity contribution in [2.45, 2.75) is 36.3 Å².